The van der Waals surface area contributed by atoms with Crippen LogP contribution in [-0.2, 0) is 0 Å². The van der Waals surface area contributed by atoms with Gasteiger partial charge in [-0.25, -0.2) is 4.98 Å². The third-order valence-electron chi connectivity index (χ3n) is 3.79. The molecule has 1 unspecified atom stereocenters. The number of carbonyl (C=O) groups is 1. The first-order chi connectivity index (χ1) is 9.85. The Hall–Kier alpha value is -1.62. The van der Waals surface area contributed by atoms with Gasteiger partial charge in [-0.2, -0.15) is 0 Å². The van der Waals surface area contributed by atoms with Crippen molar-refractivity contribution in [1.29, 1.82) is 0 Å². The topological polar surface area (TPSA) is 68.0 Å². The summed E-state index contributed by atoms with van der Waals surface area (Å²) in [4.78, 5) is 18.4. The standard InChI is InChI=1S/C16H23N3OS/c1-6-11(8(2)3)19-15(20)14-13(17)12-9(4)7-10(5)18-16(12)21-14/h7-8,11H,6,17H2,1-5H3,(H,19,20). The van der Waals surface area contributed by atoms with Crippen molar-refractivity contribution in [2.24, 2.45) is 5.92 Å². The van der Waals surface area contributed by atoms with Gasteiger partial charge in [0.05, 0.1) is 5.69 Å². The summed E-state index contributed by atoms with van der Waals surface area (Å²) < 4.78 is 0. The smallest absolute Gasteiger partial charge is 0.263 e. The fraction of sp³-hybridized carbons (Fsp3) is 0.500. The number of rotatable bonds is 4. The first-order valence-electron chi connectivity index (χ1n) is 7.32. The second kappa shape index (κ2) is 6.02. The summed E-state index contributed by atoms with van der Waals surface area (Å²) in [5.74, 6) is 0.310. The van der Waals surface area contributed by atoms with Crippen LogP contribution in [0.5, 0.6) is 0 Å². The van der Waals surface area contributed by atoms with Crippen LogP contribution in [0.4, 0.5) is 5.69 Å². The summed E-state index contributed by atoms with van der Waals surface area (Å²) in [5, 5.41) is 3.99. The summed E-state index contributed by atoms with van der Waals surface area (Å²) in [5.41, 5.74) is 8.76. The van der Waals surface area contributed by atoms with Crippen LogP contribution < -0.4 is 11.1 Å². The molecule has 0 aliphatic heterocycles. The molecular formula is C16H23N3OS. The Morgan fingerprint density at radius 1 is 1.43 bits per heavy atom. The summed E-state index contributed by atoms with van der Waals surface area (Å²) in [7, 11) is 0. The fourth-order valence-corrected chi connectivity index (χ4v) is 3.73. The quantitative estimate of drug-likeness (QED) is 0.905. The number of thiophene rings is 1. The number of aromatic nitrogens is 1. The zero-order valence-corrected chi connectivity index (χ0v) is 14.1. The van der Waals surface area contributed by atoms with E-state index in [1.807, 2.05) is 19.9 Å². The molecule has 1 amide bonds. The molecule has 0 aliphatic rings. The van der Waals surface area contributed by atoms with Gasteiger partial charge in [0.2, 0.25) is 0 Å². The summed E-state index contributed by atoms with van der Waals surface area (Å²) in [6.45, 7) is 10.3. The van der Waals surface area contributed by atoms with Gasteiger partial charge in [-0.1, -0.05) is 20.8 Å². The van der Waals surface area contributed by atoms with Gasteiger partial charge in [-0.15, -0.1) is 11.3 Å². The zero-order chi connectivity index (χ0) is 15.7. The maximum Gasteiger partial charge on any atom is 0.263 e. The van der Waals surface area contributed by atoms with E-state index in [4.69, 9.17) is 5.73 Å². The molecule has 2 rings (SSSR count). The van der Waals surface area contributed by atoms with Crippen LogP contribution >= 0.6 is 11.3 Å². The minimum Gasteiger partial charge on any atom is -0.397 e. The number of nitrogens with two attached hydrogens (primary N) is 1. The van der Waals surface area contributed by atoms with Crippen LogP contribution in [-0.4, -0.2) is 16.9 Å². The highest BCUT2D eigenvalue weighted by Crippen LogP contribution is 2.35. The van der Waals surface area contributed by atoms with Crippen molar-refractivity contribution in [1.82, 2.24) is 10.3 Å². The van der Waals surface area contributed by atoms with Crippen LogP contribution in [0.15, 0.2) is 6.07 Å². The Morgan fingerprint density at radius 2 is 2.10 bits per heavy atom. The summed E-state index contributed by atoms with van der Waals surface area (Å²) >= 11 is 1.38. The van der Waals surface area contributed by atoms with Gasteiger partial charge in [0.1, 0.15) is 9.71 Å². The van der Waals surface area contributed by atoms with Gasteiger partial charge in [0.25, 0.3) is 5.91 Å². The van der Waals surface area contributed by atoms with Crippen molar-refractivity contribution in [3.8, 4) is 0 Å². The molecule has 21 heavy (non-hydrogen) atoms. The maximum absolute atomic E-state index is 12.5. The van der Waals surface area contributed by atoms with Crippen molar-refractivity contribution in [3.05, 3.63) is 22.2 Å². The number of nitrogens with one attached hydrogen (secondary N) is 1. The van der Waals surface area contributed by atoms with Crippen molar-refractivity contribution in [2.75, 3.05) is 5.73 Å². The maximum atomic E-state index is 12.5. The molecule has 2 heterocycles. The average Bonchev–Trinajstić information content (AvgIpc) is 2.72. The third kappa shape index (κ3) is 3.02. The van der Waals surface area contributed by atoms with Gasteiger partial charge in [-0.3, -0.25) is 4.79 Å². The number of nitrogens with zero attached hydrogens (tertiary/aromatic N) is 1. The molecule has 0 fully saturated rings. The molecule has 2 aromatic heterocycles. The number of nitrogen functional groups attached to an aromatic ring is 1. The number of carbonyl (C=O) groups excluding carboxylic acids is 1. The highest BCUT2D eigenvalue weighted by molar-refractivity contribution is 7.21. The second-order valence-electron chi connectivity index (χ2n) is 5.84. The van der Waals surface area contributed by atoms with Crippen molar-refractivity contribution < 1.29 is 4.79 Å². The minimum atomic E-state index is -0.0897. The molecule has 0 radical (unpaired) electrons. The lowest BCUT2D eigenvalue weighted by Crippen LogP contribution is -2.37. The molecule has 5 heteroatoms. The van der Waals surface area contributed by atoms with Crippen LogP contribution in [0, 0.1) is 19.8 Å². The molecule has 4 nitrogen and oxygen atoms in total. The van der Waals surface area contributed by atoms with Gasteiger partial charge >= 0.3 is 0 Å². The van der Waals surface area contributed by atoms with Gasteiger partial charge < -0.3 is 11.1 Å². The molecule has 114 valence electrons. The van der Waals surface area contributed by atoms with Gasteiger partial charge in [0, 0.05) is 17.1 Å². The minimum absolute atomic E-state index is 0.0897. The third-order valence-corrected chi connectivity index (χ3v) is 4.89. The van der Waals surface area contributed by atoms with Crippen molar-refractivity contribution >= 4 is 33.1 Å². The Balaban J connectivity index is 2.41. The molecule has 3 N–H and O–H groups in total. The monoisotopic (exact) mass is 305 g/mol. The Labute approximate surface area is 129 Å². The molecule has 2 aromatic rings. The first kappa shape index (κ1) is 15.8. The Morgan fingerprint density at radius 3 is 2.67 bits per heavy atom. The Kier molecular flexibility index (Phi) is 4.52. The number of anilines is 1. The number of aryl methyl sites for hydroxylation is 2. The number of hydrogen-bond donors (Lipinski definition) is 2. The van der Waals surface area contributed by atoms with Crippen molar-refractivity contribution in [2.45, 2.75) is 47.1 Å². The van der Waals surface area contributed by atoms with E-state index in [0.717, 1.165) is 27.9 Å². The normalized spacial score (nSPS) is 12.9. The highest BCUT2D eigenvalue weighted by atomic mass is 32.1. The lowest BCUT2D eigenvalue weighted by molar-refractivity contribution is 0.0929. The van der Waals surface area contributed by atoms with E-state index in [9.17, 15) is 4.79 Å². The van der Waals surface area contributed by atoms with E-state index in [-0.39, 0.29) is 11.9 Å². The highest BCUT2D eigenvalue weighted by Gasteiger charge is 2.21. The molecule has 0 aliphatic carbocycles. The SMILES string of the molecule is CCC(NC(=O)c1sc2nc(C)cc(C)c2c1N)C(C)C. The van der Waals surface area contributed by atoms with E-state index in [2.05, 4.69) is 31.1 Å². The summed E-state index contributed by atoms with van der Waals surface area (Å²) in [6, 6.07) is 2.16. The second-order valence-corrected chi connectivity index (χ2v) is 6.84. The largest absolute Gasteiger partial charge is 0.397 e. The van der Waals surface area contributed by atoms with E-state index >= 15 is 0 Å². The number of fused-ring (bicyclic) bond motifs is 1. The molecule has 0 saturated heterocycles. The predicted octanol–water partition coefficient (Wildman–Crippen LogP) is 3.66. The van der Waals surface area contributed by atoms with E-state index < -0.39 is 0 Å². The summed E-state index contributed by atoms with van der Waals surface area (Å²) in [6.07, 6.45) is 0.907. The molecule has 1 atom stereocenters. The molecule has 0 bridgehead atoms. The van der Waals surface area contributed by atoms with Gasteiger partial charge in [0.15, 0.2) is 0 Å². The zero-order valence-electron chi connectivity index (χ0n) is 13.3. The van der Waals surface area contributed by atoms with Crippen LogP contribution in [0.25, 0.3) is 10.2 Å². The van der Waals surface area contributed by atoms with E-state index in [1.54, 1.807) is 0 Å². The lowest BCUT2D eigenvalue weighted by atomic mass is 10.0. The molecular weight excluding hydrogens is 282 g/mol. The first-order valence-corrected chi connectivity index (χ1v) is 8.13. The lowest BCUT2D eigenvalue weighted by Gasteiger charge is -2.20. The van der Waals surface area contributed by atoms with E-state index in [0.29, 0.717) is 16.5 Å². The van der Waals surface area contributed by atoms with Crippen LogP contribution in [0.2, 0.25) is 0 Å². The number of pyridine rings is 1. The number of hydrogen-bond acceptors (Lipinski definition) is 4. The molecule has 0 aromatic carbocycles. The Bertz CT molecular complexity index is 676. The molecule has 0 saturated carbocycles. The van der Waals surface area contributed by atoms with Crippen LogP contribution in [0.1, 0.15) is 48.1 Å². The van der Waals surface area contributed by atoms with Crippen molar-refractivity contribution in [3.63, 3.8) is 0 Å². The predicted molar refractivity (Wildman–Crippen MR) is 89.9 cm³/mol. The van der Waals surface area contributed by atoms with Crippen LogP contribution in [0.3, 0.4) is 0 Å². The van der Waals surface area contributed by atoms with E-state index in [1.165, 1.54) is 11.3 Å². The van der Waals surface area contributed by atoms with Gasteiger partial charge in [-0.05, 0) is 37.8 Å². The molecule has 0 spiro atoms. The average molecular weight is 305 g/mol. The fourth-order valence-electron chi connectivity index (χ4n) is 2.61. The number of amides is 1.